The smallest absolute Gasteiger partial charge is 0.325 e. The predicted octanol–water partition coefficient (Wildman–Crippen LogP) is 1.97. The number of nitrogens with zero attached hydrogens (tertiary/aromatic N) is 1. The van der Waals surface area contributed by atoms with Crippen molar-refractivity contribution in [1.29, 1.82) is 0 Å². The molecule has 1 aliphatic heterocycles. The zero-order valence-electron chi connectivity index (χ0n) is 12.1. The first-order valence-corrected chi connectivity index (χ1v) is 6.95. The number of carbonyl (C=O) groups is 2. The lowest BCUT2D eigenvalue weighted by Gasteiger charge is -2.22. The van der Waals surface area contributed by atoms with Gasteiger partial charge in [0, 0.05) is 5.56 Å². The third kappa shape index (κ3) is 2.90. The van der Waals surface area contributed by atoms with Gasteiger partial charge in [0.1, 0.15) is 11.4 Å². The largest absolute Gasteiger partial charge is 0.386 e. The van der Waals surface area contributed by atoms with E-state index < -0.39 is 23.5 Å². The summed E-state index contributed by atoms with van der Waals surface area (Å²) in [6, 6.07) is 5.22. The van der Waals surface area contributed by atoms with Crippen molar-refractivity contribution in [3.8, 4) is 0 Å². The highest BCUT2D eigenvalue weighted by Crippen LogP contribution is 2.25. The van der Waals surface area contributed by atoms with Crippen molar-refractivity contribution in [2.75, 3.05) is 6.54 Å². The summed E-state index contributed by atoms with van der Waals surface area (Å²) < 4.78 is 13.6. The van der Waals surface area contributed by atoms with E-state index in [-0.39, 0.29) is 18.0 Å². The van der Waals surface area contributed by atoms with Gasteiger partial charge in [-0.25, -0.2) is 9.18 Å². The van der Waals surface area contributed by atoms with Crippen LogP contribution in [0.3, 0.4) is 0 Å². The molecule has 2 unspecified atom stereocenters. The Bertz CT molecular complexity index is 564. The Labute approximate surface area is 122 Å². The second-order valence-electron chi connectivity index (χ2n) is 5.47. The Morgan fingerprint density at radius 1 is 1.38 bits per heavy atom. The van der Waals surface area contributed by atoms with Gasteiger partial charge in [-0.3, -0.25) is 9.69 Å². The number of rotatable bonds is 5. The van der Waals surface area contributed by atoms with Gasteiger partial charge in [0.15, 0.2) is 0 Å². The van der Waals surface area contributed by atoms with Crippen molar-refractivity contribution < 1.29 is 19.1 Å². The van der Waals surface area contributed by atoms with E-state index in [0.29, 0.717) is 6.42 Å². The van der Waals surface area contributed by atoms with E-state index in [9.17, 15) is 19.1 Å². The Hall–Kier alpha value is -1.95. The lowest BCUT2D eigenvalue weighted by atomic mass is 9.96. The number of halogens is 1. The minimum Gasteiger partial charge on any atom is -0.386 e. The molecular formula is C15H19FN2O3. The van der Waals surface area contributed by atoms with Crippen LogP contribution in [0.1, 0.15) is 38.4 Å². The molecule has 5 nitrogen and oxygen atoms in total. The molecule has 1 heterocycles. The van der Waals surface area contributed by atoms with E-state index in [0.717, 1.165) is 11.3 Å². The van der Waals surface area contributed by atoms with Gasteiger partial charge in [-0.05, 0) is 19.4 Å². The summed E-state index contributed by atoms with van der Waals surface area (Å²) in [7, 11) is 0. The van der Waals surface area contributed by atoms with Gasteiger partial charge >= 0.3 is 6.03 Å². The maximum atomic E-state index is 13.6. The monoisotopic (exact) mass is 294 g/mol. The molecule has 2 atom stereocenters. The number of amides is 3. The summed E-state index contributed by atoms with van der Waals surface area (Å²) in [6.07, 6.45) is 0.0145. The topological polar surface area (TPSA) is 69.6 Å². The molecule has 1 saturated heterocycles. The van der Waals surface area contributed by atoms with Crippen LogP contribution in [0, 0.1) is 5.82 Å². The average molecular weight is 294 g/mol. The third-order valence-corrected chi connectivity index (χ3v) is 3.71. The number of carbonyl (C=O) groups excluding carboxylic acids is 2. The number of aliphatic hydroxyl groups is 1. The Balaban J connectivity index is 2.15. The van der Waals surface area contributed by atoms with E-state index >= 15 is 0 Å². The summed E-state index contributed by atoms with van der Waals surface area (Å²) in [5.74, 6) is -0.946. The number of nitrogens with one attached hydrogen (secondary N) is 1. The molecule has 0 aromatic heterocycles. The maximum absolute atomic E-state index is 13.6. The molecule has 1 aromatic rings. The summed E-state index contributed by atoms with van der Waals surface area (Å²) in [6.45, 7) is 3.32. The summed E-state index contributed by atoms with van der Waals surface area (Å²) >= 11 is 0. The molecule has 114 valence electrons. The van der Waals surface area contributed by atoms with Crippen LogP contribution in [0.5, 0.6) is 0 Å². The van der Waals surface area contributed by atoms with Crippen LogP contribution in [0.4, 0.5) is 9.18 Å². The van der Waals surface area contributed by atoms with Crippen molar-refractivity contribution in [3.63, 3.8) is 0 Å². The lowest BCUT2D eigenvalue weighted by molar-refractivity contribution is -0.132. The van der Waals surface area contributed by atoms with Crippen LogP contribution in [0.15, 0.2) is 24.3 Å². The van der Waals surface area contributed by atoms with Gasteiger partial charge in [0.25, 0.3) is 5.91 Å². The predicted molar refractivity (Wildman–Crippen MR) is 74.9 cm³/mol. The number of hydrogen-bond acceptors (Lipinski definition) is 3. The molecule has 1 aliphatic rings. The molecule has 3 amide bonds. The van der Waals surface area contributed by atoms with Crippen LogP contribution in [0.25, 0.3) is 0 Å². The molecule has 0 spiro atoms. The highest BCUT2D eigenvalue weighted by atomic mass is 19.1. The fraction of sp³-hybridized carbons (Fsp3) is 0.467. The molecule has 21 heavy (non-hydrogen) atoms. The van der Waals surface area contributed by atoms with E-state index in [1.807, 2.05) is 6.92 Å². The van der Waals surface area contributed by atoms with Gasteiger partial charge in [-0.2, -0.15) is 0 Å². The van der Waals surface area contributed by atoms with Crippen LogP contribution < -0.4 is 5.32 Å². The normalized spacial score (nSPS) is 23.3. The van der Waals surface area contributed by atoms with Gasteiger partial charge in [0.05, 0.1) is 12.6 Å². The average Bonchev–Trinajstić information content (AvgIpc) is 2.63. The SMILES string of the molecule is CCCC1(C)NC(=O)N(CC(O)c2ccccc2F)C1=O. The second kappa shape index (κ2) is 5.81. The quantitative estimate of drug-likeness (QED) is 0.816. The van der Waals surface area contributed by atoms with Crippen LogP contribution >= 0.6 is 0 Å². The zero-order valence-corrected chi connectivity index (χ0v) is 12.1. The van der Waals surface area contributed by atoms with Gasteiger partial charge in [-0.1, -0.05) is 31.5 Å². The number of urea groups is 1. The number of imide groups is 1. The van der Waals surface area contributed by atoms with Crippen molar-refractivity contribution in [3.05, 3.63) is 35.6 Å². The molecule has 2 N–H and O–H groups in total. The Morgan fingerprint density at radius 2 is 2.05 bits per heavy atom. The van der Waals surface area contributed by atoms with Crippen molar-refractivity contribution in [2.45, 2.75) is 38.3 Å². The Kier molecular flexibility index (Phi) is 4.27. The molecule has 6 heteroatoms. The molecule has 0 radical (unpaired) electrons. The number of aliphatic hydroxyl groups excluding tert-OH is 1. The van der Waals surface area contributed by atoms with Crippen LogP contribution in [0.2, 0.25) is 0 Å². The molecule has 0 bridgehead atoms. The molecule has 0 aliphatic carbocycles. The highest BCUT2D eigenvalue weighted by molar-refractivity contribution is 6.06. The Morgan fingerprint density at radius 3 is 2.67 bits per heavy atom. The molecule has 1 aromatic carbocycles. The molecule has 2 rings (SSSR count). The summed E-state index contributed by atoms with van der Waals surface area (Å²) in [4.78, 5) is 25.2. The van der Waals surface area contributed by atoms with Crippen molar-refractivity contribution in [2.24, 2.45) is 0 Å². The van der Waals surface area contributed by atoms with E-state index in [2.05, 4.69) is 5.32 Å². The fourth-order valence-electron chi connectivity index (χ4n) is 2.60. The first kappa shape index (κ1) is 15.4. The molecule has 0 saturated carbocycles. The first-order chi connectivity index (χ1) is 9.89. The second-order valence-corrected chi connectivity index (χ2v) is 5.47. The van der Waals surface area contributed by atoms with Gasteiger partial charge in [-0.15, -0.1) is 0 Å². The zero-order chi connectivity index (χ0) is 15.6. The van der Waals surface area contributed by atoms with Crippen LogP contribution in [-0.2, 0) is 4.79 Å². The minimum absolute atomic E-state index is 0.0715. The number of hydrogen-bond donors (Lipinski definition) is 2. The van der Waals surface area contributed by atoms with E-state index in [1.165, 1.54) is 18.2 Å². The summed E-state index contributed by atoms with van der Waals surface area (Å²) in [5.41, 5.74) is -0.872. The van der Waals surface area contributed by atoms with E-state index in [1.54, 1.807) is 13.0 Å². The third-order valence-electron chi connectivity index (χ3n) is 3.71. The maximum Gasteiger partial charge on any atom is 0.325 e. The minimum atomic E-state index is -1.25. The first-order valence-electron chi connectivity index (χ1n) is 6.95. The fourth-order valence-corrected chi connectivity index (χ4v) is 2.60. The van der Waals surface area contributed by atoms with Crippen molar-refractivity contribution >= 4 is 11.9 Å². The van der Waals surface area contributed by atoms with Crippen LogP contribution in [-0.4, -0.2) is 34.0 Å². The van der Waals surface area contributed by atoms with E-state index in [4.69, 9.17) is 0 Å². The number of benzene rings is 1. The van der Waals surface area contributed by atoms with Gasteiger partial charge < -0.3 is 10.4 Å². The standard InChI is InChI=1S/C15H19FN2O3/c1-3-8-15(2)13(20)18(14(21)17-15)9-12(19)10-6-4-5-7-11(10)16/h4-7,12,19H,3,8-9H2,1-2H3,(H,17,21). The number of β-amino-alcohol motifs (C(OH)–C–C–N with tert-alkyl or cyclic N) is 1. The molecule has 1 fully saturated rings. The van der Waals surface area contributed by atoms with Gasteiger partial charge in [0.2, 0.25) is 0 Å². The van der Waals surface area contributed by atoms with Crippen molar-refractivity contribution in [1.82, 2.24) is 10.2 Å². The lowest BCUT2D eigenvalue weighted by Crippen LogP contribution is -2.44. The summed E-state index contributed by atoms with van der Waals surface area (Å²) in [5, 5.41) is 12.7. The highest BCUT2D eigenvalue weighted by Gasteiger charge is 2.47. The molecular weight excluding hydrogens is 275 g/mol.